The third kappa shape index (κ3) is 2.42. The van der Waals surface area contributed by atoms with Gasteiger partial charge >= 0.3 is 5.97 Å². The second kappa shape index (κ2) is 4.24. The minimum absolute atomic E-state index is 0.0846. The number of rotatable bonds is 3. The molecule has 0 aliphatic carbocycles. The molecule has 7 heteroatoms. The van der Waals surface area contributed by atoms with Gasteiger partial charge in [0.05, 0.1) is 4.92 Å². The molecule has 0 amide bonds. The van der Waals surface area contributed by atoms with Crippen LogP contribution < -0.4 is 0 Å². The molecule has 1 atom stereocenters. The number of halogens is 1. The van der Waals surface area contributed by atoms with Crippen molar-refractivity contribution in [2.75, 3.05) is 0 Å². The van der Waals surface area contributed by atoms with Crippen LogP contribution in [-0.2, 0) is 4.79 Å². The van der Waals surface area contributed by atoms with Crippen LogP contribution in [0, 0.1) is 10.1 Å². The average molecular weight is 232 g/mol. The Morgan fingerprint density at radius 2 is 2.13 bits per heavy atom. The molecule has 0 aliphatic heterocycles. The van der Waals surface area contributed by atoms with E-state index in [1.165, 1.54) is 12.1 Å². The van der Waals surface area contributed by atoms with Gasteiger partial charge in [0.15, 0.2) is 6.10 Å². The highest BCUT2D eigenvalue weighted by Crippen LogP contribution is 2.27. The molecule has 1 rings (SSSR count). The Hall–Kier alpha value is -1.66. The summed E-state index contributed by atoms with van der Waals surface area (Å²) in [5, 5.41) is 28.0. The van der Waals surface area contributed by atoms with Gasteiger partial charge in [-0.1, -0.05) is 17.7 Å². The number of nitrogens with zero attached hydrogens (tertiary/aromatic N) is 1. The van der Waals surface area contributed by atoms with E-state index in [2.05, 4.69) is 0 Å². The Bertz CT molecular complexity index is 419. The number of hydrogen-bond acceptors (Lipinski definition) is 4. The van der Waals surface area contributed by atoms with Gasteiger partial charge in [0, 0.05) is 6.07 Å². The van der Waals surface area contributed by atoms with Crippen LogP contribution in [0.2, 0.25) is 5.02 Å². The maximum atomic E-state index is 10.5. The van der Waals surface area contributed by atoms with E-state index in [1.54, 1.807) is 0 Å². The zero-order valence-corrected chi connectivity index (χ0v) is 8.01. The first-order valence-electron chi connectivity index (χ1n) is 3.78. The maximum Gasteiger partial charge on any atom is 0.337 e. The van der Waals surface area contributed by atoms with E-state index >= 15 is 0 Å². The number of carboxylic acid groups (broad SMARTS) is 1. The first-order chi connectivity index (χ1) is 6.93. The number of carboxylic acids is 1. The van der Waals surface area contributed by atoms with Crippen LogP contribution in [0.25, 0.3) is 0 Å². The number of aliphatic hydroxyl groups excluding tert-OH is 1. The Balaban J connectivity index is 3.18. The molecular weight excluding hydrogens is 226 g/mol. The quantitative estimate of drug-likeness (QED) is 0.604. The van der Waals surface area contributed by atoms with E-state index < -0.39 is 22.7 Å². The molecule has 0 fully saturated rings. The van der Waals surface area contributed by atoms with Gasteiger partial charge in [-0.15, -0.1) is 0 Å². The van der Waals surface area contributed by atoms with Gasteiger partial charge in [0.1, 0.15) is 5.02 Å². The molecule has 6 nitrogen and oxygen atoms in total. The van der Waals surface area contributed by atoms with Crippen LogP contribution in [0.1, 0.15) is 11.7 Å². The summed E-state index contributed by atoms with van der Waals surface area (Å²) in [5.41, 5.74) is -0.520. The molecule has 0 spiro atoms. The monoisotopic (exact) mass is 231 g/mol. The Morgan fingerprint density at radius 3 is 2.60 bits per heavy atom. The Kier molecular flexibility index (Phi) is 3.23. The van der Waals surface area contributed by atoms with Crippen LogP contribution >= 0.6 is 11.6 Å². The topological polar surface area (TPSA) is 101 Å². The number of nitro benzene ring substituents is 1. The van der Waals surface area contributed by atoms with E-state index in [-0.39, 0.29) is 10.6 Å². The van der Waals surface area contributed by atoms with Gasteiger partial charge in [-0.2, -0.15) is 0 Å². The van der Waals surface area contributed by atoms with Crippen molar-refractivity contribution in [1.82, 2.24) is 0 Å². The number of carbonyl (C=O) groups is 1. The minimum atomic E-state index is -1.79. The molecule has 0 heterocycles. The highest BCUT2D eigenvalue weighted by Gasteiger charge is 2.20. The summed E-state index contributed by atoms with van der Waals surface area (Å²) < 4.78 is 0. The summed E-state index contributed by atoms with van der Waals surface area (Å²) in [6.45, 7) is 0. The number of aliphatic carboxylic acids is 1. The van der Waals surface area contributed by atoms with Crippen LogP contribution in [0.15, 0.2) is 18.2 Å². The van der Waals surface area contributed by atoms with Crippen LogP contribution in [-0.4, -0.2) is 21.1 Å². The number of nitro groups is 1. The van der Waals surface area contributed by atoms with Gasteiger partial charge < -0.3 is 10.2 Å². The summed E-state index contributed by atoms with van der Waals surface area (Å²) in [6.07, 6.45) is -1.79. The third-order valence-corrected chi connectivity index (χ3v) is 2.04. The van der Waals surface area contributed by atoms with Crippen molar-refractivity contribution in [2.24, 2.45) is 0 Å². The smallest absolute Gasteiger partial charge is 0.337 e. The lowest BCUT2D eigenvalue weighted by Crippen LogP contribution is -2.10. The highest BCUT2D eigenvalue weighted by atomic mass is 35.5. The van der Waals surface area contributed by atoms with E-state index in [1.807, 2.05) is 0 Å². The molecule has 1 aromatic carbocycles. The van der Waals surface area contributed by atoms with Crippen molar-refractivity contribution in [3.05, 3.63) is 38.9 Å². The number of benzene rings is 1. The molecule has 15 heavy (non-hydrogen) atoms. The fourth-order valence-corrected chi connectivity index (χ4v) is 1.17. The molecule has 1 aromatic rings. The zero-order valence-electron chi connectivity index (χ0n) is 7.25. The van der Waals surface area contributed by atoms with E-state index in [9.17, 15) is 14.9 Å². The predicted molar refractivity (Wildman–Crippen MR) is 50.7 cm³/mol. The van der Waals surface area contributed by atoms with Crippen molar-refractivity contribution in [2.45, 2.75) is 6.10 Å². The van der Waals surface area contributed by atoms with Crippen molar-refractivity contribution in [3.63, 3.8) is 0 Å². The standard InChI is InChI=1S/C8H6ClNO5/c9-5-2-1-4(7(11)8(12)13)3-6(5)10(14)15/h1-3,7,11H,(H,12,13)/t7-/m0/s1. The van der Waals surface area contributed by atoms with E-state index in [0.717, 1.165) is 6.07 Å². The lowest BCUT2D eigenvalue weighted by molar-refractivity contribution is -0.384. The average Bonchev–Trinajstić information content (AvgIpc) is 2.16. The second-order valence-electron chi connectivity index (χ2n) is 2.71. The fourth-order valence-electron chi connectivity index (χ4n) is 0.982. The van der Waals surface area contributed by atoms with Gasteiger partial charge in [0.25, 0.3) is 5.69 Å². The van der Waals surface area contributed by atoms with Gasteiger partial charge in [-0.05, 0) is 11.6 Å². The van der Waals surface area contributed by atoms with Gasteiger partial charge in [-0.25, -0.2) is 4.79 Å². The van der Waals surface area contributed by atoms with Crippen LogP contribution in [0.5, 0.6) is 0 Å². The number of aliphatic hydroxyl groups is 1. The Morgan fingerprint density at radius 1 is 1.53 bits per heavy atom. The molecule has 0 saturated carbocycles. The van der Waals surface area contributed by atoms with Crippen LogP contribution in [0.3, 0.4) is 0 Å². The maximum absolute atomic E-state index is 10.5. The molecule has 0 unspecified atom stereocenters. The van der Waals surface area contributed by atoms with Crippen molar-refractivity contribution < 1.29 is 19.9 Å². The predicted octanol–water partition coefficient (Wildman–Crippen LogP) is 1.37. The normalized spacial score (nSPS) is 12.1. The lowest BCUT2D eigenvalue weighted by Gasteiger charge is -2.05. The highest BCUT2D eigenvalue weighted by molar-refractivity contribution is 6.32. The summed E-state index contributed by atoms with van der Waals surface area (Å²) in [6, 6.07) is 3.32. The van der Waals surface area contributed by atoms with Crippen molar-refractivity contribution >= 4 is 23.3 Å². The molecule has 0 bridgehead atoms. The van der Waals surface area contributed by atoms with Gasteiger partial charge in [-0.3, -0.25) is 10.1 Å². The SMILES string of the molecule is O=C(O)[C@@H](O)c1ccc(Cl)c([N+](=O)[O-])c1. The van der Waals surface area contributed by atoms with E-state index in [4.69, 9.17) is 21.8 Å². The molecular formula is C8H6ClNO5. The summed E-state index contributed by atoms with van der Waals surface area (Å²) in [4.78, 5) is 20.1. The van der Waals surface area contributed by atoms with Crippen molar-refractivity contribution in [1.29, 1.82) is 0 Å². The lowest BCUT2D eigenvalue weighted by atomic mass is 10.1. The summed E-state index contributed by atoms with van der Waals surface area (Å²) >= 11 is 5.50. The van der Waals surface area contributed by atoms with Gasteiger partial charge in [0.2, 0.25) is 0 Å². The van der Waals surface area contributed by atoms with E-state index in [0.29, 0.717) is 0 Å². The second-order valence-corrected chi connectivity index (χ2v) is 3.12. The first-order valence-corrected chi connectivity index (χ1v) is 4.16. The molecule has 0 aromatic heterocycles. The summed E-state index contributed by atoms with van der Waals surface area (Å²) in [5.74, 6) is -1.48. The Labute approximate surface area is 88.9 Å². The minimum Gasteiger partial charge on any atom is -0.479 e. The first kappa shape index (κ1) is 11.4. The molecule has 0 saturated heterocycles. The van der Waals surface area contributed by atoms with Crippen molar-refractivity contribution in [3.8, 4) is 0 Å². The zero-order chi connectivity index (χ0) is 11.6. The molecule has 80 valence electrons. The fraction of sp³-hybridized carbons (Fsp3) is 0.125. The van der Waals surface area contributed by atoms with Crippen LogP contribution in [0.4, 0.5) is 5.69 Å². The molecule has 0 aliphatic rings. The molecule has 0 radical (unpaired) electrons. The molecule has 2 N–H and O–H groups in total. The summed E-state index contributed by atoms with van der Waals surface area (Å²) in [7, 11) is 0. The number of hydrogen-bond donors (Lipinski definition) is 2. The largest absolute Gasteiger partial charge is 0.479 e. The third-order valence-electron chi connectivity index (χ3n) is 1.72.